The van der Waals surface area contributed by atoms with Crippen LogP contribution in [0.2, 0.25) is 0 Å². The second-order valence-corrected chi connectivity index (χ2v) is 6.96. The fraction of sp³-hybridized carbons (Fsp3) is 0.867. The molecule has 1 amide bonds. The summed E-state index contributed by atoms with van der Waals surface area (Å²) in [6.45, 7) is 14.1. The van der Waals surface area contributed by atoms with Crippen molar-refractivity contribution in [3.8, 4) is 0 Å². The van der Waals surface area contributed by atoms with Crippen molar-refractivity contribution in [3.05, 3.63) is 0 Å². The van der Waals surface area contributed by atoms with E-state index in [1.807, 2.05) is 48.5 Å². The van der Waals surface area contributed by atoms with E-state index < -0.39 is 23.5 Å². The molecule has 1 N–H and O–H groups in total. The lowest BCUT2D eigenvalue weighted by molar-refractivity contribution is -0.150. The van der Waals surface area contributed by atoms with Gasteiger partial charge in [-0.1, -0.05) is 48.5 Å². The topological polar surface area (TPSA) is 64.6 Å². The Kier molecular flexibility index (Phi) is 7.61. The van der Waals surface area contributed by atoms with Gasteiger partial charge in [-0.05, 0) is 17.3 Å². The zero-order valence-corrected chi connectivity index (χ0v) is 13.8. The summed E-state index contributed by atoms with van der Waals surface area (Å²) >= 11 is 0. The molecule has 0 heterocycles. The Bertz CT molecular complexity index is 318. The average Bonchev–Trinajstić information content (AvgIpc) is 2.28. The number of rotatable bonds is 6. The maximum absolute atomic E-state index is 12.1. The van der Waals surface area contributed by atoms with Gasteiger partial charge in [-0.2, -0.15) is 0 Å². The van der Waals surface area contributed by atoms with Gasteiger partial charge in [0.1, 0.15) is 6.04 Å². The molecule has 0 aromatic carbocycles. The van der Waals surface area contributed by atoms with Crippen LogP contribution in [0.1, 0.15) is 48.5 Å². The summed E-state index contributed by atoms with van der Waals surface area (Å²) in [4.78, 5) is 23.8. The van der Waals surface area contributed by atoms with E-state index in [0.717, 1.165) is 0 Å². The van der Waals surface area contributed by atoms with Gasteiger partial charge in [-0.25, -0.2) is 9.59 Å². The number of amides is 1. The third-order valence-electron chi connectivity index (χ3n) is 2.47. The van der Waals surface area contributed by atoms with Gasteiger partial charge in [0.15, 0.2) is 0 Å². The molecule has 0 rings (SSSR count). The molecule has 0 aliphatic rings. The minimum absolute atomic E-state index is 0.252. The molecule has 0 radical (unpaired) electrons. The van der Waals surface area contributed by atoms with Crippen LogP contribution < -0.4 is 5.32 Å². The van der Waals surface area contributed by atoms with Crippen LogP contribution in [0.25, 0.3) is 0 Å². The largest absolute Gasteiger partial charge is 0.464 e. The van der Waals surface area contributed by atoms with Crippen LogP contribution >= 0.6 is 0 Å². The minimum Gasteiger partial charge on any atom is -0.464 e. The molecular weight excluding hydrogens is 258 g/mol. The zero-order valence-electron chi connectivity index (χ0n) is 13.8. The lowest BCUT2D eigenvalue weighted by Crippen LogP contribution is -2.50. The summed E-state index contributed by atoms with van der Waals surface area (Å²) in [5, 5.41) is 2.60. The van der Waals surface area contributed by atoms with E-state index in [4.69, 9.17) is 9.47 Å². The number of nitrogens with one attached hydrogen (secondary N) is 1. The maximum Gasteiger partial charge on any atom is 0.407 e. The molecule has 20 heavy (non-hydrogen) atoms. The van der Waals surface area contributed by atoms with Crippen LogP contribution in [0.5, 0.6) is 0 Å². The van der Waals surface area contributed by atoms with E-state index in [9.17, 15) is 9.59 Å². The monoisotopic (exact) mass is 287 g/mol. The average molecular weight is 287 g/mol. The van der Waals surface area contributed by atoms with Gasteiger partial charge >= 0.3 is 12.1 Å². The van der Waals surface area contributed by atoms with Gasteiger partial charge < -0.3 is 14.8 Å². The lowest BCUT2D eigenvalue weighted by atomic mass is 9.87. The third-order valence-corrected chi connectivity index (χ3v) is 2.47. The molecule has 0 bridgehead atoms. The summed E-state index contributed by atoms with van der Waals surface area (Å²) < 4.78 is 10.3. The van der Waals surface area contributed by atoms with E-state index in [2.05, 4.69) is 5.32 Å². The molecule has 5 heteroatoms. The predicted molar refractivity (Wildman–Crippen MR) is 78.4 cm³/mol. The van der Waals surface area contributed by atoms with Crippen molar-refractivity contribution in [3.63, 3.8) is 0 Å². The fourth-order valence-electron chi connectivity index (χ4n) is 1.36. The second kappa shape index (κ2) is 8.12. The van der Waals surface area contributed by atoms with E-state index >= 15 is 0 Å². The molecule has 0 fully saturated rings. The van der Waals surface area contributed by atoms with Crippen LogP contribution in [0.4, 0.5) is 4.79 Å². The highest BCUT2D eigenvalue weighted by atomic mass is 16.6. The Balaban J connectivity index is 4.58. The number of alkyl carbamates (subject to hydrolysis) is 1. The molecule has 0 aromatic rings. The van der Waals surface area contributed by atoms with Gasteiger partial charge in [0.25, 0.3) is 0 Å². The Labute approximate surface area is 122 Å². The molecule has 1 atom stereocenters. The van der Waals surface area contributed by atoms with E-state index in [1.165, 1.54) is 0 Å². The number of hydrogen-bond acceptors (Lipinski definition) is 4. The fourth-order valence-corrected chi connectivity index (χ4v) is 1.36. The summed E-state index contributed by atoms with van der Waals surface area (Å²) in [5.41, 5.74) is -0.440. The minimum atomic E-state index is -0.721. The van der Waals surface area contributed by atoms with Crippen LogP contribution in [0.3, 0.4) is 0 Å². The molecule has 1 unspecified atom stereocenters. The number of carbonyl (C=O) groups is 2. The van der Waals surface area contributed by atoms with E-state index in [0.29, 0.717) is 13.2 Å². The van der Waals surface area contributed by atoms with E-state index in [-0.39, 0.29) is 11.8 Å². The standard InChI is InChI=1S/C15H29NO4/c1-10(2)8-19-13(17)12(15(5,6)7)16-14(18)20-9-11(3)4/h10-12H,8-9H2,1-7H3,(H,16,18). The lowest BCUT2D eigenvalue weighted by Gasteiger charge is -2.29. The van der Waals surface area contributed by atoms with E-state index in [1.54, 1.807) is 0 Å². The van der Waals surface area contributed by atoms with Crippen molar-refractivity contribution >= 4 is 12.1 Å². The highest BCUT2D eigenvalue weighted by Crippen LogP contribution is 2.21. The quantitative estimate of drug-likeness (QED) is 0.763. The van der Waals surface area contributed by atoms with Crippen LogP contribution in [0.15, 0.2) is 0 Å². The highest BCUT2D eigenvalue weighted by Gasteiger charge is 2.34. The normalized spacial score (nSPS) is 13.2. The first kappa shape index (κ1) is 18.7. The smallest absolute Gasteiger partial charge is 0.407 e. The molecule has 118 valence electrons. The van der Waals surface area contributed by atoms with Crippen LogP contribution in [-0.2, 0) is 14.3 Å². The predicted octanol–water partition coefficient (Wildman–Crippen LogP) is 2.98. The zero-order chi connectivity index (χ0) is 15.9. The first-order valence-electron chi connectivity index (χ1n) is 7.14. The van der Waals surface area contributed by atoms with Crippen LogP contribution in [0, 0.1) is 17.3 Å². The van der Waals surface area contributed by atoms with Crippen molar-refractivity contribution in [2.24, 2.45) is 17.3 Å². The number of esters is 1. The first-order chi connectivity index (χ1) is 9.04. The van der Waals surface area contributed by atoms with Crippen molar-refractivity contribution < 1.29 is 19.1 Å². The molecule has 0 saturated carbocycles. The van der Waals surface area contributed by atoms with Crippen molar-refractivity contribution in [1.29, 1.82) is 0 Å². The first-order valence-corrected chi connectivity index (χ1v) is 7.14. The Morgan fingerprint density at radius 2 is 1.40 bits per heavy atom. The number of ether oxygens (including phenoxy) is 2. The third kappa shape index (κ3) is 8.02. The SMILES string of the molecule is CC(C)COC(=O)NC(C(=O)OCC(C)C)C(C)(C)C. The molecule has 0 aliphatic carbocycles. The Morgan fingerprint density at radius 1 is 0.950 bits per heavy atom. The molecule has 0 spiro atoms. The molecule has 0 aliphatic heterocycles. The van der Waals surface area contributed by atoms with Crippen molar-refractivity contribution in [2.45, 2.75) is 54.5 Å². The summed E-state index contributed by atoms with van der Waals surface area (Å²) in [6.07, 6.45) is -0.583. The van der Waals surface area contributed by atoms with Gasteiger partial charge in [0.2, 0.25) is 0 Å². The van der Waals surface area contributed by atoms with Gasteiger partial charge in [0.05, 0.1) is 13.2 Å². The Morgan fingerprint density at radius 3 is 1.80 bits per heavy atom. The molecular formula is C15H29NO4. The van der Waals surface area contributed by atoms with Gasteiger partial charge in [-0.15, -0.1) is 0 Å². The van der Waals surface area contributed by atoms with Crippen LogP contribution in [-0.4, -0.2) is 31.3 Å². The van der Waals surface area contributed by atoms with Gasteiger partial charge in [-0.3, -0.25) is 0 Å². The van der Waals surface area contributed by atoms with Crippen molar-refractivity contribution in [1.82, 2.24) is 5.32 Å². The Hall–Kier alpha value is -1.26. The highest BCUT2D eigenvalue weighted by molar-refractivity contribution is 5.82. The number of hydrogen-bond donors (Lipinski definition) is 1. The molecule has 5 nitrogen and oxygen atoms in total. The summed E-state index contributed by atoms with van der Waals surface area (Å²) in [5.74, 6) is 0.0851. The second-order valence-electron chi connectivity index (χ2n) is 6.96. The summed E-state index contributed by atoms with van der Waals surface area (Å²) in [7, 11) is 0. The maximum atomic E-state index is 12.1. The number of carbonyl (C=O) groups excluding carboxylic acids is 2. The molecule has 0 saturated heterocycles. The summed E-state index contributed by atoms with van der Waals surface area (Å²) in [6, 6.07) is -0.721. The van der Waals surface area contributed by atoms with Gasteiger partial charge in [0, 0.05) is 0 Å². The molecule has 0 aromatic heterocycles. The van der Waals surface area contributed by atoms with Crippen molar-refractivity contribution in [2.75, 3.05) is 13.2 Å².